The first-order valence-corrected chi connectivity index (χ1v) is 13.3. The molecule has 9 rings (SSSR count). The summed E-state index contributed by atoms with van der Waals surface area (Å²) < 4.78 is 31.0. The van der Waals surface area contributed by atoms with E-state index in [-0.39, 0.29) is 11.7 Å². The average molecular weight is 553 g/mol. The van der Waals surface area contributed by atoms with Gasteiger partial charge in [-0.2, -0.15) is 0 Å². The van der Waals surface area contributed by atoms with Gasteiger partial charge in [-0.3, -0.25) is 0 Å². The molecule has 3 N–H and O–H groups in total. The summed E-state index contributed by atoms with van der Waals surface area (Å²) in [5, 5.41) is 6.55. The molecule has 3 aliphatic rings. The first-order valence-electron chi connectivity index (χ1n) is 13.3. The Morgan fingerprint density at radius 3 is 2.00 bits per heavy atom. The number of halogens is 2. The maximum atomic E-state index is 16.5. The molecule has 5 heterocycles. The highest BCUT2D eigenvalue weighted by Gasteiger charge is 2.31. The molecule has 3 aliphatic heterocycles. The molecule has 0 amide bonds. The molecule has 200 valence electrons. The second kappa shape index (κ2) is 8.31. The van der Waals surface area contributed by atoms with Crippen molar-refractivity contribution in [1.82, 2.24) is 9.97 Å². The van der Waals surface area contributed by atoms with E-state index < -0.39 is 5.82 Å². The Morgan fingerprint density at radius 2 is 1.19 bits per heavy atom. The summed E-state index contributed by atoms with van der Waals surface area (Å²) in [4.78, 5) is 25.7. The zero-order chi connectivity index (χ0) is 27.9. The number of benzene rings is 4. The van der Waals surface area contributed by atoms with Gasteiger partial charge in [0.2, 0.25) is 0 Å². The maximum absolute atomic E-state index is 16.5. The Balaban J connectivity index is 1.37. The summed E-state index contributed by atoms with van der Waals surface area (Å²) >= 11 is 0. The quantitative estimate of drug-likeness (QED) is 0.173. The highest BCUT2D eigenvalue weighted by molar-refractivity contribution is 6.29. The molecule has 0 unspecified atom stereocenters. The number of rotatable bonds is 0. The molecule has 10 heteroatoms. The molecular formula is C32H18F2N8. The van der Waals surface area contributed by atoms with Crippen LogP contribution in [0.3, 0.4) is 0 Å². The fourth-order valence-electron chi connectivity index (χ4n) is 5.81. The largest absolute Gasteiger partial charge is 0.325 e. The van der Waals surface area contributed by atoms with Crippen LogP contribution in [0, 0.1) is 5.82 Å². The molecule has 8 nitrogen and oxygen atoms in total. The molecule has 6 aromatic rings. The molecule has 0 spiro atoms. The van der Waals surface area contributed by atoms with Gasteiger partial charge in [0.05, 0.1) is 0 Å². The van der Waals surface area contributed by atoms with Gasteiger partial charge in [-0.05, 0) is 18.2 Å². The standard InChI is InChI=1S/C32H18F2N8/c33-16-13-14-22-24(15-16)32-41-30(22)39-28-20-10-4-2-8-18(20)26(37-28)35-25-17-7-1-3-9-19(17)27(36-25)38-29-21-11-5-6-12-23(21)31(40-29)42(32)34/h1-15,36,41H,(H,35,37,39). The maximum Gasteiger partial charge on any atom is 0.175 e. The lowest BCUT2D eigenvalue weighted by molar-refractivity contribution is 0.518. The lowest BCUT2D eigenvalue weighted by Crippen LogP contribution is -2.22. The van der Waals surface area contributed by atoms with E-state index in [1.807, 2.05) is 66.7 Å². The molecule has 0 fully saturated rings. The molecule has 0 radical (unpaired) electrons. The molecule has 42 heavy (non-hydrogen) atoms. The molecule has 8 bridgehead atoms. The van der Waals surface area contributed by atoms with E-state index in [9.17, 15) is 4.39 Å². The fraction of sp³-hybridized carbons (Fsp3) is 0. The normalized spacial score (nSPS) is 15.1. The third-order valence-corrected chi connectivity index (χ3v) is 7.75. The van der Waals surface area contributed by atoms with E-state index in [2.05, 4.69) is 20.3 Å². The monoisotopic (exact) mass is 552 g/mol. The van der Waals surface area contributed by atoms with Crippen molar-refractivity contribution in [3.8, 4) is 0 Å². The Bertz CT molecular complexity index is 2270. The smallest absolute Gasteiger partial charge is 0.175 e. The number of fused-ring (bicyclic) bond motifs is 18. The summed E-state index contributed by atoms with van der Waals surface area (Å²) in [5.41, 5.74) is 2.90. The van der Waals surface area contributed by atoms with E-state index in [0.29, 0.717) is 62.0 Å². The van der Waals surface area contributed by atoms with E-state index in [1.165, 1.54) is 12.1 Å². The van der Waals surface area contributed by atoms with Crippen molar-refractivity contribution >= 4 is 68.2 Å². The molecule has 4 aromatic carbocycles. The summed E-state index contributed by atoms with van der Waals surface area (Å²) in [7, 11) is 0. The third-order valence-electron chi connectivity index (χ3n) is 7.75. The molecular weight excluding hydrogens is 534 g/mol. The van der Waals surface area contributed by atoms with Gasteiger partial charge >= 0.3 is 0 Å². The van der Waals surface area contributed by atoms with Crippen LogP contribution in [0.25, 0.3) is 21.5 Å². The molecule has 0 atom stereocenters. The molecule has 2 aromatic heterocycles. The van der Waals surface area contributed by atoms with Gasteiger partial charge < -0.3 is 15.3 Å². The third kappa shape index (κ3) is 3.20. The van der Waals surface area contributed by atoms with Crippen LogP contribution in [0.1, 0.15) is 22.3 Å². The van der Waals surface area contributed by atoms with Gasteiger partial charge in [0.1, 0.15) is 29.1 Å². The van der Waals surface area contributed by atoms with Crippen LogP contribution in [0.2, 0.25) is 0 Å². The minimum Gasteiger partial charge on any atom is -0.325 e. The van der Waals surface area contributed by atoms with Crippen LogP contribution in [-0.2, 0) is 0 Å². The number of H-pyrrole nitrogens is 2. The van der Waals surface area contributed by atoms with Crippen molar-refractivity contribution in [2.75, 3.05) is 10.4 Å². The van der Waals surface area contributed by atoms with E-state index in [1.54, 1.807) is 12.1 Å². The number of nitrogens with zero attached hydrogens (tertiary/aromatic N) is 5. The highest BCUT2D eigenvalue weighted by atomic mass is 19.2. The van der Waals surface area contributed by atoms with Gasteiger partial charge in [-0.15, -0.1) is 5.12 Å². The molecule has 0 saturated heterocycles. The zero-order valence-electron chi connectivity index (χ0n) is 21.7. The van der Waals surface area contributed by atoms with Gasteiger partial charge in [-0.25, -0.2) is 24.4 Å². The predicted octanol–water partition coefficient (Wildman–Crippen LogP) is 7.28. The average Bonchev–Trinajstić information content (AvgIpc) is 3.75. The minimum atomic E-state index is -0.498. The summed E-state index contributed by atoms with van der Waals surface area (Å²) in [5.74, 6) is 2.54. The van der Waals surface area contributed by atoms with Crippen LogP contribution in [0.5, 0.6) is 0 Å². The van der Waals surface area contributed by atoms with Gasteiger partial charge in [0.15, 0.2) is 23.3 Å². The number of nitrogens with one attached hydrogen (secondary N) is 3. The van der Waals surface area contributed by atoms with Crippen molar-refractivity contribution in [3.63, 3.8) is 0 Å². The lowest BCUT2D eigenvalue weighted by atomic mass is 10.1. The van der Waals surface area contributed by atoms with Crippen molar-refractivity contribution < 1.29 is 8.87 Å². The Hall–Kier alpha value is -5.90. The van der Waals surface area contributed by atoms with Crippen LogP contribution in [0.4, 0.5) is 32.1 Å². The van der Waals surface area contributed by atoms with Gasteiger partial charge in [0.25, 0.3) is 0 Å². The second-order valence-electron chi connectivity index (χ2n) is 10.2. The van der Waals surface area contributed by atoms with Crippen molar-refractivity contribution in [2.45, 2.75) is 0 Å². The second-order valence-corrected chi connectivity index (χ2v) is 10.2. The Kier molecular flexibility index (Phi) is 4.52. The number of aromatic nitrogens is 2. The number of aliphatic imine (C=N–C) groups is 4. The predicted molar refractivity (Wildman–Crippen MR) is 162 cm³/mol. The number of amidine groups is 4. The first kappa shape index (κ1) is 22.9. The zero-order valence-corrected chi connectivity index (χ0v) is 21.7. The highest BCUT2D eigenvalue weighted by Crippen LogP contribution is 2.39. The van der Waals surface area contributed by atoms with E-state index in [0.717, 1.165) is 21.9 Å². The van der Waals surface area contributed by atoms with Crippen LogP contribution in [-0.4, -0.2) is 33.3 Å². The number of hydrogen-bond donors (Lipinski definition) is 3. The number of hydrogen-bond acceptors (Lipinski definition) is 6. The molecule has 0 saturated carbocycles. The summed E-state index contributed by atoms with van der Waals surface area (Å²) in [6.07, 6.45) is 0. The summed E-state index contributed by atoms with van der Waals surface area (Å²) in [6, 6.07) is 27.1. The van der Waals surface area contributed by atoms with Crippen LogP contribution < -0.4 is 10.4 Å². The number of aromatic amines is 2. The van der Waals surface area contributed by atoms with Crippen LogP contribution in [0.15, 0.2) is 111 Å². The van der Waals surface area contributed by atoms with Crippen molar-refractivity contribution in [1.29, 1.82) is 0 Å². The van der Waals surface area contributed by atoms with Crippen molar-refractivity contribution in [3.05, 3.63) is 119 Å². The van der Waals surface area contributed by atoms with Gasteiger partial charge in [0, 0.05) is 43.8 Å². The number of anilines is 2. The Labute approximate surface area is 236 Å². The topological polar surface area (TPSA) is 96.3 Å². The summed E-state index contributed by atoms with van der Waals surface area (Å²) in [6.45, 7) is 0. The minimum absolute atomic E-state index is 0.00645. The molecule has 0 aliphatic carbocycles. The van der Waals surface area contributed by atoms with Crippen molar-refractivity contribution in [2.24, 2.45) is 20.0 Å². The SMILES string of the molecule is Fc1ccc2c3[nH]c(c2c1)N(F)C1=NC(=Nc2[nH]c(c4ccccc24)NC2=NC(=N3)c3ccccc32)c2ccccc21. The van der Waals surface area contributed by atoms with Gasteiger partial charge in [-0.1, -0.05) is 77.3 Å². The lowest BCUT2D eigenvalue weighted by Gasteiger charge is -2.13. The van der Waals surface area contributed by atoms with E-state index in [4.69, 9.17) is 15.0 Å². The van der Waals surface area contributed by atoms with E-state index >= 15 is 4.48 Å². The Morgan fingerprint density at radius 1 is 0.571 bits per heavy atom. The van der Waals surface area contributed by atoms with Crippen LogP contribution >= 0.6 is 0 Å². The first-order chi connectivity index (χ1) is 20.6. The fourth-order valence-corrected chi connectivity index (χ4v) is 5.81.